The first kappa shape index (κ1) is 20.8. The molecule has 0 aliphatic carbocycles. The van der Waals surface area contributed by atoms with Gasteiger partial charge >= 0.3 is 151 Å². The van der Waals surface area contributed by atoms with Crippen LogP contribution in [0.4, 0.5) is 0 Å². The fraction of sp³-hybridized carbons (Fsp3) is 0.611. The number of rotatable bonds is 13. The Labute approximate surface area is 151 Å². The zero-order valence-corrected chi connectivity index (χ0v) is 17.4. The van der Waals surface area contributed by atoms with Crippen molar-refractivity contribution in [3.63, 3.8) is 0 Å². The Kier molecular flexibility index (Phi) is 11.0. The molecule has 0 saturated heterocycles. The minimum absolute atomic E-state index is 0.000369. The summed E-state index contributed by atoms with van der Waals surface area (Å²) in [4.78, 5) is 12.2. The van der Waals surface area contributed by atoms with Crippen LogP contribution in [0, 0.1) is 0 Å². The first-order chi connectivity index (χ1) is 11.1. The van der Waals surface area contributed by atoms with E-state index in [1.165, 1.54) is 38.5 Å². The van der Waals surface area contributed by atoms with Crippen molar-refractivity contribution in [1.82, 2.24) is 0 Å². The van der Waals surface area contributed by atoms with Crippen molar-refractivity contribution >= 4 is 10.1 Å². The van der Waals surface area contributed by atoms with Gasteiger partial charge in [-0.2, -0.15) is 0 Å². The van der Waals surface area contributed by atoms with Crippen molar-refractivity contribution in [2.24, 2.45) is 0 Å². The standard InChI is InChI=1S/C12H23O.C6H5O2S.Zr/c1-2-3-4-5-6-7-8-9-10-11-12-13;7-9(8)6-4-2-1-3-5-6;/h2-11H2,1H3;1-5H;. The molecule has 0 spiro atoms. The second-order valence-corrected chi connectivity index (χ2v) is 14.4. The number of carbonyl (C=O) groups excluding carboxylic acids is 1. The van der Waals surface area contributed by atoms with Crippen LogP contribution >= 0.6 is 0 Å². The van der Waals surface area contributed by atoms with Crippen LogP contribution in [0.5, 0.6) is 0 Å². The van der Waals surface area contributed by atoms with E-state index in [0.717, 1.165) is 19.3 Å². The van der Waals surface area contributed by atoms with Crippen molar-refractivity contribution in [2.45, 2.75) is 76.0 Å². The van der Waals surface area contributed by atoms with Crippen LogP contribution in [-0.4, -0.2) is 11.9 Å². The molecule has 128 valence electrons. The fourth-order valence-corrected chi connectivity index (χ4v) is 8.76. The van der Waals surface area contributed by atoms with Crippen LogP contribution in [-0.2, 0) is 33.2 Å². The number of unbranched alkanes of at least 4 members (excludes halogenated alkanes) is 8. The minimum atomic E-state index is -3.30. The van der Waals surface area contributed by atoms with Crippen molar-refractivity contribution in [2.75, 3.05) is 0 Å². The summed E-state index contributed by atoms with van der Waals surface area (Å²) in [6.45, 7) is -1.08. The summed E-state index contributed by atoms with van der Waals surface area (Å²) in [5.41, 5.74) is 0. The third-order valence-corrected chi connectivity index (χ3v) is 11.2. The van der Waals surface area contributed by atoms with E-state index in [1.807, 2.05) is 0 Å². The van der Waals surface area contributed by atoms with Gasteiger partial charge in [-0.25, -0.2) is 0 Å². The molecule has 0 aromatic heterocycles. The van der Waals surface area contributed by atoms with Crippen molar-refractivity contribution in [3.05, 3.63) is 30.3 Å². The van der Waals surface area contributed by atoms with Crippen LogP contribution < -0.4 is 0 Å². The van der Waals surface area contributed by atoms with Gasteiger partial charge in [0.25, 0.3) is 0 Å². The second kappa shape index (κ2) is 12.1. The Morgan fingerprint density at radius 1 is 0.870 bits per heavy atom. The van der Waals surface area contributed by atoms with Crippen molar-refractivity contribution in [3.8, 4) is 0 Å². The molecule has 23 heavy (non-hydrogen) atoms. The molecule has 0 heterocycles. The van der Waals surface area contributed by atoms with Gasteiger partial charge in [-0.15, -0.1) is 0 Å². The van der Waals surface area contributed by atoms with Gasteiger partial charge in [0, 0.05) is 0 Å². The first-order valence-corrected chi connectivity index (χ1v) is 14.4. The van der Waals surface area contributed by atoms with Crippen molar-refractivity contribution in [1.29, 1.82) is 0 Å². The molecule has 1 aromatic carbocycles. The maximum absolute atomic E-state index is 12.2. The molecular weight excluding hydrogens is 387 g/mol. The van der Waals surface area contributed by atoms with E-state index in [4.69, 9.17) is 0 Å². The SMILES string of the molecule is CCCCCCCCCCC[C](=O)[Zr][S](=O)(=O)c1ccccc1. The van der Waals surface area contributed by atoms with Crippen molar-refractivity contribution < 1.29 is 35.0 Å². The van der Waals surface area contributed by atoms with E-state index in [-0.39, 0.29) is 3.49 Å². The number of benzene rings is 1. The van der Waals surface area contributed by atoms with Crippen LogP contribution in [0.1, 0.15) is 71.1 Å². The first-order valence-electron chi connectivity index (χ1n) is 8.67. The van der Waals surface area contributed by atoms with Gasteiger partial charge in [0.15, 0.2) is 0 Å². The average Bonchev–Trinajstić information content (AvgIpc) is 2.54. The Morgan fingerprint density at radius 2 is 1.39 bits per heavy atom. The van der Waals surface area contributed by atoms with E-state index in [0.29, 0.717) is 11.3 Å². The molecule has 0 unspecified atom stereocenters. The molecule has 0 bridgehead atoms. The molecule has 3 nitrogen and oxygen atoms in total. The molecule has 0 aliphatic heterocycles. The summed E-state index contributed by atoms with van der Waals surface area (Å²) in [6.07, 6.45) is 11.3. The third-order valence-electron chi connectivity index (χ3n) is 3.81. The predicted octanol–water partition coefficient (Wildman–Crippen LogP) is 4.91. The van der Waals surface area contributed by atoms with Gasteiger partial charge in [0.2, 0.25) is 0 Å². The third kappa shape index (κ3) is 9.56. The Bertz CT molecular complexity index is 541. The molecule has 1 aromatic rings. The maximum atomic E-state index is 12.2. The van der Waals surface area contributed by atoms with E-state index < -0.39 is 28.4 Å². The summed E-state index contributed by atoms with van der Waals surface area (Å²) < 4.78 is 24.3. The normalized spacial score (nSPS) is 11.3. The summed E-state index contributed by atoms with van der Waals surface area (Å²) in [5, 5.41) is 0. The van der Waals surface area contributed by atoms with Gasteiger partial charge < -0.3 is 0 Å². The Morgan fingerprint density at radius 3 is 1.96 bits per heavy atom. The summed E-state index contributed by atoms with van der Waals surface area (Å²) in [5.74, 6) is 0. The van der Waals surface area contributed by atoms with Crippen LogP contribution in [0.15, 0.2) is 35.2 Å². The van der Waals surface area contributed by atoms with Gasteiger partial charge in [-0.3, -0.25) is 0 Å². The van der Waals surface area contributed by atoms with Gasteiger partial charge in [0.05, 0.1) is 0 Å². The zero-order valence-electron chi connectivity index (χ0n) is 14.1. The molecule has 0 aliphatic rings. The summed E-state index contributed by atoms with van der Waals surface area (Å²) >= 11 is -2.07. The average molecular weight is 416 g/mol. The van der Waals surface area contributed by atoms with Crippen LogP contribution in [0.25, 0.3) is 0 Å². The topological polar surface area (TPSA) is 51.2 Å². The Hall–Kier alpha value is -0.277. The van der Waals surface area contributed by atoms with Gasteiger partial charge in [0.1, 0.15) is 0 Å². The zero-order chi connectivity index (χ0) is 17.0. The van der Waals surface area contributed by atoms with E-state index in [1.54, 1.807) is 30.3 Å². The monoisotopic (exact) mass is 414 g/mol. The van der Waals surface area contributed by atoms with Gasteiger partial charge in [-0.05, 0) is 0 Å². The molecule has 0 N–H and O–H groups in total. The summed E-state index contributed by atoms with van der Waals surface area (Å²) in [7, 11) is 0. The van der Waals surface area contributed by atoms with Gasteiger partial charge in [-0.1, -0.05) is 0 Å². The number of hydrogen-bond donors (Lipinski definition) is 0. The molecule has 1 rings (SSSR count). The Balaban J connectivity index is 2.13. The molecule has 5 heteroatoms. The van der Waals surface area contributed by atoms with E-state index in [9.17, 15) is 13.2 Å². The number of carbonyl (C=O) groups is 1. The summed E-state index contributed by atoms with van der Waals surface area (Å²) in [6, 6.07) is 8.37. The molecule has 0 radical (unpaired) electrons. The molecule has 0 saturated carbocycles. The molecular formula is C18H28O3SZr. The quantitative estimate of drug-likeness (QED) is 0.430. The van der Waals surface area contributed by atoms with E-state index >= 15 is 0 Å². The van der Waals surface area contributed by atoms with E-state index in [2.05, 4.69) is 6.92 Å². The predicted molar refractivity (Wildman–Crippen MR) is 90.5 cm³/mol. The van der Waals surface area contributed by atoms with Crippen LogP contribution in [0.3, 0.4) is 0 Å². The second-order valence-electron chi connectivity index (χ2n) is 5.92. The molecule has 0 fully saturated rings. The fourth-order valence-electron chi connectivity index (χ4n) is 2.46. The molecule has 0 atom stereocenters. The number of hydrogen-bond acceptors (Lipinski definition) is 3. The molecule has 0 amide bonds. The van der Waals surface area contributed by atoms with Crippen LogP contribution in [0.2, 0.25) is 0 Å².